The Morgan fingerprint density at radius 3 is 2.79 bits per heavy atom. The van der Waals surface area contributed by atoms with E-state index in [4.69, 9.17) is 4.74 Å². The maximum absolute atomic E-state index is 11.7. The van der Waals surface area contributed by atoms with Crippen molar-refractivity contribution in [3.8, 4) is 0 Å². The Bertz CT molecular complexity index is 593. The molecule has 0 bridgehead atoms. The highest BCUT2D eigenvalue weighted by Gasteiger charge is 2.16. The summed E-state index contributed by atoms with van der Waals surface area (Å²) in [6.45, 7) is 6.00. The lowest BCUT2D eigenvalue weighted by Gasteiger charge is -2.05. The second kappa shape index (κ2) is 5.84. The van der Waals surface area contributed by atoms with Crippen LogP contribution in [0, 0.1) is 13.8 Å². The van der Waals surface area contributed by atoms with Crippen LogP contribution in [0.4, 0.5) is 10.8 Å². The van der Waals surface area contributed by atoms with Crippen LogP contribution in [0.1, 0.15) is 27.9 Å². The lowest BCUT2D eigenvalue weighted by molar-refractivity contribution is 0.0531. The van der Waals surface area contributed by atoms with Gasteiger partial charge in [0.25, 0.3) is 0 Å². The molecule has 2 rings (SSSR count). The normalized spacial score (nSPS) is 10.3. The monoisotopic (exact) mass is 276 g/mol. The molecule has 1 N–H and O–H groups in total. The molecule has 1 heterocycles. The van der Waals surface area contributed by atoms with E-state index in [1.165, 1.54) is 11.3 Å². The van der Waals surface area contributed by atoms with E-state index in [9.17, 15) is 4.79 Å². The third-order valence-corrected chi connectivity index (χ3v) is 3.70. The lowest BCUT2D eigenvalue weighted by atomic mass is 10.2. The van der Waals surface area contributed by atoms with Gasteiger partial charge in [-0.15, -0.1) is 0 Å². The molecular weight excluding hydrogens is 260 g/mol. The van der Waals surface area contributed by atoms with Crippen LogP contribution in [0.3, 0.4) is 0 Å². The van der Waals surface area contributed by atoms with Gasteiger partial charge in [-0.2, -0.15) is 0 Å². The Morgan fingerprint density at radius 1 is 1.37 bits per heavy atom. The summed E-state index contributed by atoms with van der Waals surface area (Å²) in [5, 5.41) is 3.93. The zero-order valence-corrected chi connectivity index (χ0v) is 12.0. The summed E-state index contributed by atoms with van der Waals surface area (Å²) < 4.78 is 5.00. The molecule has 0 aliphatic rings. The van der Waals surface area contributed by atoms with Gasteiger partial charge >= 0.3 is 5.97 Å². The number of esters is 1. The first kappa shape index (κ1) is 13.5. The summed E-state index contributed by atoms with van der Waals surface area (Å²) >= 11 is 1.31. The van der Waals surface area contributed by atoms with Crippen molar-refractivity contribution in [2.45, 2.75) is 20.8 Å². The smallest absolute Gasteiger partial charge is 0.350 e. The van der Waals surface area contributed by atoms with Gasteiger partial charge in [0.05, 0.1) is 12.3 Å². The second-order valence-corrected chi connectivity index (χ2v) is 5.09. The number of carbonyl (C=O) groups excluding carboxylic acids is 1. The number of rotatable bonds is 4. The molecule has 0 fully saturated rings. The number of anilines is 2. The predicted octanol–water partition coefficient (Wildman–Crippen LogP) is 3.68. The highest BCUT2D eigenvalue weighted by atomic mass is 32.1. The fourth-order valence-corrected chi connectivity index (χ4v) is 2.54. The van der Waals surface area contributed by atoms with Gasteiger partial charge in [0, 0.05) is 5.69 Å². The van der Waals surface area contributed by atoms with Crippen LogP contribution in [-0.2, 0) is 4.74 Å². The zero-order valence-electron chi connectivity index (χ0n) is 11.2. The van der Waals surface area contributed by atoms with Crippen molar-refractivity contribution >= 4 is 28.1 Å². The summed E-state index contributed by atoms with van der Waals surface area (Å²) in [5.41, 5.74) is 2.82. The number of hydrogen-bond acceptors (Lipinski definition) is 5. The van der Waals surface area contributed by atoms with Crippen molar-refractivity contribution in [2.24, 2.45) is 0 Å². The topological polar surface area (TPSA) is 51.2 Å². The van der Waals surface area contributed by atoms with Crippen LogP contribution < -0.4 is 5.32 Å². The number of aryl methyl sites for hydroxylation is 2. The molecule has 0 unspecified atom stereocenters. The lowest BCUT2D eigenvalue weighted by Crippen LogP contribution is -2.03. The van der Waals surface area contributed by atoms with E-state index in [2.05, 4.69) is 10.3 Å². The van der Waals surface area contributed by atoms with E-state index in [1.54, 1.807) is 6.92 Å². The summed E-state index contributed by atoms with van der Waals surface area (Å²) in [5.74, 6) is -0.310. The molecule has 0 spiro atoms. The summed E-state index contributed by atoms with van der Waals surface area (Å²) in [4.78, 5) is 16.6. The Labute approximate surface area is 116 Å². The Balaban J connectivity index is 2.21. The SMILES string of the molecule is CCOC(=O)c1sc(Nc2ccccc2C)nc1C. The first-order valence-corrected chi connectivity index (χ1v) is 6.90. The highest BCUT2D eigenvalue weighted by molar-refractivity contribution is 7.17. The number of hydrogen-bond donors (Lipinski definition) is 1. The molecule has 4 nitrogen and oxygen atoms in total. The van der Waals surface area contributed by atoms with Gasteiger partial charge in [-0.1, -0.05) is 29.5 Å². The van der Waals surface area contributed by atoms with E-state index < -0.39 is 0 Å². The molecule has 2 aromatic rings. The third-order valence-electron chi connectivity index (χ3n) is 2.64. The van der Waals surface area contributed by atoms with Crippen molar-refractivity contribution in [2.75, 3.05) is 11.9 Å². The van der Waals surface area contributed by atoms with E-state index in [-0.39, 0.29) is 5.97 Å². The van der Waals surface area contributed by atoms with E-state index >= 15 is 0 Å². The summed E-state index contributed by atoms with van der Waals surface area (Å²) in [6, 6.07) is 7.95. The molecule has 0 aliphatic carbocycles. The number of para-hydroxylation sites is 1. The van der Waals surface area contributed by atoms with Crippen molar-refractivity contribution < 1.29 is 9.53 Å². The van der Waals surface area contributed by atoms with Gasteiger partial charge in [0.2, 0.25) is 0 Å². The van der Waals surface area contributed by atoms with Crippen LogP contribution in [-0.4, -0.2) is 17.6 Å². The minimum absolute atomic E-state index is 0.310. The predicted molar refractivity (Wildman–Crippen MR) is 77.3 cm³/mol. The largest absolute Gasteiger partial charge is 0.462 e. The van der Waals surface area contributed by atoms with E-state index in [0.717, 1.165) is 11.3 Å². The van der Waals surface area contributed by atoms with Gasteiger partial charge in [-0.25, -0.2) is 9.78 Å². The molecular formula is C14H16N2O2S. The quantitative estimate of drug-likeness (QED) is 0.865. The minimum atomic E-state index is -0.310. The maximum Gasteiger partial charge on any atom is 0.350 e. The number of benzene rings is 1. The number of carbonyl (C=O) groups is 1. The molecule has 5 heteroatoms. The number of nitrogens with one attached hydrogen (secondary N) is 1. The molecule has 0 aliphatic heterocycles. The van der Waals surface area contributed by atoms with E-state index in [1.807, 2.05) is 38.1 Å². The molecule has 1 aromatic carbocycles. The van der Waals surface area contributed by atoms with Crippen molar-refractivity contribution in [1.82, 2.24) is 4.98 Å². The van der Waals surface area contributed by atoms with E-state index in [0.29, 0.717) is 22.3 Å². The molecule has 1 aromatic heterocycles. The summed E-state index contributed by atoms with van der Waals surface area (Å²) in [7, 11) is 0. The average Bonchev–Trinajstić information content (AvgIpc) is 2.74. The van der Waals surface area contributed by atoms with Gasteiger partial charge < -0.3 is 10.1 Å². The summed E-state index contributed by atoms with van der Waals surface area (Å²) in [6.07, 6.45) is 0. The number of ether oxygens (including phenoxy) is 1. The van der Waals surface area contributed by atoms with Gasteiger partial charge in [0.15, 0.2) is 5.13 Å². The van der Waals surface area contributed by atoms with Crippen LogP contribution in [0.25, 0.3) is 0 Å². The first-order chi connectivity index (χ1) is 9.11. The number of thiazole rings is 1. The molecule has 0 amide bonds. The van der Waals surface area contributed by atoms with Crippen LogP contribution >= 0.6 is 11.3 Å². The fourth-order valence-electron chi connectivity index (χ4n) is 1.66. The second-order valence-electron chi connectivity index (χ2n) is 4.09. The zero-order chi connectivity index (χ0) is 13.8. The van der Waals surface area contributed by atoms with Gasteiger partial charge in [0.1, 0.15) is 4.88 Å². The molecule has 19 heavy (non-hydrogen) atoms. The van der Waals surface area contributed by atoms with Gasteiger partial charge in [-0.3, -0.25) is 0 Å². The van der Waals surface area contributed by atoms with Gasteiger partial charge in [-0.05, 0) is 32.4 Å². The standard InChI is InChI=1S/C14H16N2O2S/c1-4-18-13(17)12-10(3)15-14(19-12)16-11-8-6-5-7-9(11)2/h5-8H,4H2,1-3H3,(H,15,16). The minimum Gasteiger partial charge on any atom is -0.462 e. The fraction of sp³-hybridized carbons (Fsp3) is 0.286. The Hall–Kier alpha value is -1.88. The number of aromatic nitrogens is 1. The molecule has 0 atom stereocenters. The highest BCUT2D eigenvalue weighted by Crippen LogP contribution is 2.27. The first-order valence-electron chi connectivity index (χ1n) is 6.09. The van der Waals surface area contributed by atoms with Crippen LogP contribution in [0.2, 0.25) is 0 Å². The van der Waals surface area contributed by atoms with Crippen LogP contribution in [0.5, 0.6) is 0 Å². The molecule has 0 radical (unpaired) electrons. The van der Waals surface area contributed by atoms with Crippen molar-refractivity contribution in [3.63, 3.8) is 0 Å². The van der Waals surface area contributed by atoms with Crippen LogP contribution in [0.15, 0.2) is 24.3 Å². The Morgan fingerprint density at radius 2 is 2.11 bits per heavy atom. The third kappa shape index (κ3) is 3.12. The molecule has 100 valence electrons. The number of nitrogens with zero attached hydrogens (tertiary/aromatic N) is 1. The maximum atomic E-state index is 11.7. The molecule has 0 saturated carbocycles. The molecule has 0 saturated heterocycles. The van der Waals surface area contributed by atoms with Crippen molar-refractivity contribution in [1.29, 1.82) is 0 Å². The van der Waals surface area contributed by atoms with Crippen molar-refractivity contribution in [3.05, 3.63) is 40.4 Å². The Kier molecular flexibility index (Phi) is 4.16. The average molecular weight is 276 g/mol.